The number of nitrogens with zero attached hydrogens (tertiary/aromatic N) is 3. The van der Waals surface area contributed by atoms with E-state index in [1.165, 1.54) is 12.8 Å². The molecule has 0 unspecified atom stereocenters. The van der Waals surface area contributed by atoms with Gasteiger partial charge in [0.25, 0.3) is 5.91 Å². The van der Waals surface area contributed by atoms with Gasteiger partial charge >= 0.3 is 0 Å². The van der Waals surface area contributed by atoms with Crippen LogP contribution in [-0.4, -0.2) is 35.7 Å². The van der Waals surface area contributed by atoms with Crippen molar-refractivity contribution in [2.24, 2.45) is 5.92 Å². The van der Waals surface area contributed by atoms with E-state index < -0.39 is 0 Å². The molecule has 2 fully saturated rings. The zero-order valence-corrected chi connectivity index (χ0v) is 14.1. The lowest BCUT2D eigenvalue weighted by Gasteiger charge is -2.39. The van der Waals surface area contributed by atoms with Crippen molar-refractivity contribution in [1.82, 2.24) is 15.5 Å². The van der Waals surface area contributed by atoms with Gasteiger partial charge < -0.3 is 14.6 Å². The molecule has 1 amide bonds. The average molecular weight is 377 g/mol. The minimum Gasteiger partial charge on any atom is -0.444 e. The fourth-order valence-corrected chi connectivity index (χ4v) is 3.05. The molecule has 0 aromatic carbocycles. The average Bonchev–Trinajstić information content (AvgIpc) is 3.27. The van der Waals surface area contributed by atoms with Crippen molar-refractivity contribution in [2.45, 2.75) is 18.8 Å². The molecule has 23 heavy (non-hydrogen) atoms. The molecule has 3 heterocycles. The quantitative estimate of drug-likeness (QED) is 0.867. The van der Waals surface area contributed by atoms with Crippen LogP contribution in [0.15, 0.2) is 33.4 Å². The molecular formula is C16H17BrN4O2. The van der Waals surface area contributed by atoms with Gasteiger partial charge in [0.05, 0.1) is 5.69 Å². The summed E-state index contributed by atoms with van der Waals surface area (Å²) in [5.74, 6) is 2.14. The number of rotatable bonds is 5. The predicted molar refractivity (Wildman–Crippen MR) is 88.5 cm³/mol. The molecule has 120 valence electrons. The second kappa shape index (κ2) is 5.96. The van der Waals surface area contributed by atoms with Crippen molar-refractivity contribution in [3.63, 3.8) is 0 Å². The number of aromatic nitrogens is 2. The fourth-order valence-electron chi connectivity index (χ4n) is 2.75. The van der Waals surface area contributed by atoms with Gasteiger partial charge in [-0.1, -0.05) is 0 Å². The summed E-state index contributed by atoms with van der Waals surface area (Å²) in [5.41, 5.74) is 1.11. The number of hydrogen-bond acceptors (Lipinski definition) is 5. The molecule has 7 heteroatoms. The normalized spacial score (nSPS) is 17.9. The van der Waals surface area contributed by atoms with Crippen LogP contribution in [0.1, 0.15) is 35.0 Å². The third-order valence-electron chi connectivity index (χ3n) is 4.30. The first-order valence-electron chi connectivity index (χ1n) is 7.81. The Kier molecular flexibility index (Phi) is 3.80. The molecule has 0 atom stereocenters. The van der Waals surface area contributed by atoms with E-state index in [9.17, 15) is 4.79 Å². The third-order valence-corrected chi connectivity index (χ3v) is 4.72. The Morgan fingerprint density at radius 1 is 1.26 bits per heavy atom. The molecule has 1 aliphatic heterocycles. The molecule has 1 aliphatic carbocycles. The van der Waals surface area contributed by atoms with Gasteiger partial charge in [-0.3, -0.25) is 4.79 Å². The van der Waals surface area contributed by atoms with E-state index in [2.05, 4.69) is 48.5 Å². The first kappa shape index (κ1) is 14.7. The van der Waals surface area contributed by atoms with Crippen molar-refractivity contribution in [1.29, 1.82) is 0 Å². The highest BCUT2D eigenvalue weighted by atomic mass is 79.9. The first-order valence-corrected chi connectivity index (χ1v) is 8.60. The maximum absolute atomic E-state index is 11.9. The highest BCUT2D eigenvalue weighted by Crippen LogP contribution is 2.38. The zero-order valence-electron chi connectivity index (χ0n) is 12.5. The molecule has 0 bridgehead atoms. The lowest BCUT2D eigenvalue weighted by atomic mass is 10.0. The van der Waals surface area contributed by atoms with Crippen molar-refractivity contribution in [2.75, 3.05) is 24.5 Å². The maximum Gasteiger partial charge on any atom is 0.287 e. The van der Waals surface area contributed by atoms with Gasteiger partial charge in [-0.15, -0.1) is 5.10 Å². The standard InChI is InChI=1S/C16H17BrN4O2/c17-14-5-4-13(23-14)16(22)18-7-10-8-21(9-10)15-6-3-12(19-20-15)11-1-2-11/h3-6,10-11H,1-2,7-9H2,(H,18,22). The van der Waals surface area contributed by atoms with Gasteiger partial charge in [0, 0.05) is 31.5 Å². The highest BCUT2D eigenvalue weighted by molar-refractivity contribution is 9.10. The fraction of sp³-hybridized carbons (Fsp3) is 0.438. The summed E-state index contributed by atoms with van der Waals surface area (Å²) < 4.78 is 5.79. The van der Waals surface area contributed by atoms with Crippen LogP contribution < -0.4 is 10.2 Å². The number of halogens is 1. The van der Waals surface area contributed by atoms with E-state index >= 15 is 0 Å². The summed E-state index contributed by atoms with van der Waals surface area (Å²) in [6.07, 6.45) is 2.48. The topological polar surface area (TPSA) is 71.3 Å². The Hall–Kier alpha value is -1.89. The summed E-state index contributed by atoms with van der Waals surface area (Å²) in [7, 11) is 0. The molecular weight excluding hydrogens is 360 g/mol. The van der Waals surface area contributed by atoms with Crippen LogP contribution in [0.5, 0.6) is 0 Å². The molecule has 1 saturated carbocycles. The summed E-state index contributed by atoms with van der Waals surface area (Å²) in [4.78, 5) is 14.1. The minimum atomic E-state index is -0.178. The number of hydrogen-bond donors (Lipinski definition) is 1. The van der Waals surface area contributed by atoms with Crippen LogP contribution in [0.25, 0.3) is 0 Å². The molecule has 2 aromatic rings. The lowest BCUT2D eigenvalue weighted by molar-refractivity contribution is 0.0915. The van der Waals surface area contributed by atoms with E-state index in [1.54, 1.807) is 12.1 Å². The van der Waals surface area contributed by atoms with E-state index in [1.807, 2.05) is 0 Å². The summed E-state index contributed by atoms with van der Waals surface area (Å²) >= 11 is 3.19. The van der Waals surface area contributed by atoms with Crippen LogP contribution in [0.3, 0.4) is 0 Å². The largest absolute Gasteiger partial charge is 0.444 e. The van der Waals surface area contributed by atoms with Gasteiger partial charge in [-0.2, -0.15) is 5.10 Å². The van der Waals surface area contributed by atoms with Gasteiger partial charge in [-0.05, 0) is 53.0 Å². The van der Waals surface area contributed by atoms with Gasteiger partial charge in [0.2, 0.25) is 0 Å². The third kappa shape index (κ3) is 3.24. The second-order valence-electron chi connectivity index (χ2n) is 6.18. The summed E-state index contributed by atoms with van der Waals surface area (Å²) in [6, 6.07) is 7.51. The molecule has 2 aliphatic rings. The van der Waals surface area contributed by atoms with Crippen LogP contribution in [0, 0.1) is 5.92 Å². The molecule has 2 aromatic heterocycles. The number of carbonyl (C=O) groups is 1. The molecule has 4 rings (SSSR count). The van der Waals surface area contributed by atoms with Crippen molar-refractivity contribution in [3.8, 4) is 0 Å². The van der Waals surface area contributed by atoms with Crippen molar-refractivity contribution in [3.05, 3.63) is 40.4 Å². The van der Waals surface area contributed by atoms with Crippen LogP contribution in [-0.2, 0) is 0 Å². The lowest BCUT2D eigenvalue weighted by Crippen LogP contribution is -2.51. The number of nitrogens with one attached hydrogen (secondary N) is 1. The SMILES string of the molecule is O=C(NCC1CN(c2ccc(C3CC3)nn2)C1)c1ccc(Br)o1. The van der Waals surface area contributed by atoms with Crippen molar-refractivity contribution < 1.29 is 9.21 Å². The number of carbonyl (C=O) groups excluding carboxylic acids is 1. The Morgan fingerprint density at radius 3 is 2.70 bits per heavy atom. The Balaban J connectivity index is 1.24. The van der Waals surface area contributed by atoms with Gasteiger partial charge in [0.1, 0.15) is 0 Å². The molecule has 1 N–H and O–H groups in total. The summed E-state index contributed by atoms with van der Waals surface area (Å²) in [5, 5.41) is 11.5. The monoisotopic (exact) mass is 376 g/mol. The van der Waals surface area contributed by atoms with Crippen molar-refractivity contribution >= 4 is 27.7 Å². The minimum absolute atomic E-state index is 0.178. The molecule has 0 radical (unpaired) electrons. The van der Waals surface area contributed by atoms with Crippen LogP contribution in [0.4, 0.5) is 5.82 Å². The van der Waals surface area contributed by atoms with Gasteiger partial charge in [0.15, 0.2) is 16.2 Å². The second-order valence-corrected chi connectivity index (χ2v) is 6.96. The van der Waals surface area contributed by atoms with E-state index in [0.29, 0.717) is 28.8 Å². The Morgan fingerprint density at radius 2 is 2.09 bits per heavy atom. The number of amides is 1. The Bertz CT molecular complexity index is 705. The smallest absolute Gasteiger partial charge is 0.287 e. The molecule has 0 spiro atoms. The number of anilines is 1. The van der Waals surface area contributed by atoms with E-state index in [0.717, 1.165) is 24.6 Å². The van der Waals surface area contributed by atoms with Crippen LogP contribution >= 0.6 is 15.9 Å². The van der Waals surface area contributed by atoms with E-state index in [4.69, 9.17) is 4.42 Å². The zero-order chi connectivity index (χ0) is 15.8. The number of furan rings is 1. The molecule has 6 nitrogen and oxygen atoms in total. The first-order chi connectivity index (χ1) is 11.2. The summed E-state index contributed by atoms with van der Waals surface area (Å²) in [6.45, 7) is 2.42. The molecule has 1 saturated heterocycles. The van der Waals surface area contributed by atoms with Crippen LogP contribution in [0.2, 0.25) is 0 Å². The van der Waals surface area contributed by atoms with Gasteiger partial charge in [-0.25, -0.2) is 0 Å². The highest BCUT2D eigenvalue weighted by Gasteiger charge is 2.30. The van der Waals surface area contributed by atoms with E-state index in [-0.39, 0.29) is 5.91 Å². The Labute approximate surface area is 142 Å². The predicted octanol–water partition coefficient (Wildman–Crippen LogP) is 2.58. The maximum atomic E-state index is 11.9.